The number of hydrogen-bond donors (Lipinski definition) is 1. The summed E-state index contributed by atoms with van der Waals surface area (Å²) in [5, 5.41) is 0. The van der Waals surface area contributed by atoms with Gasteiger partial charge in [0.15, 0.2) is 0 Å². The summed E-state index contributed by atoms with van der Waals surface area (Å²) in [5.74, 6) is 0.486. The Morgan fingerprint density at radius 3 is 2.87 bits per heavy atom. The lowest BCUT2D eigenvalue weighted by Crippen LogP contribution is -2.66. The van der Waals surface area contributed by atoms with Crippen LogP contribution in [-0.4, -0.2) is 57.3 Å². The Balaban J connectivity index is 1.53. The first kappa shape index (κ1) is 16.9. The number of amides is 1. The third-order valence-corrected chi connectivity index (χ3v) is 5.96. The van der Waals surface area contributed by atoms with Crippen LogP contribution in [0.3, 0.4) is 0 Å². The number of carbonyl (C=O) groups excluding carboxylic acids is 1. The van der Waals surface area contributed by atoms with E-state index in [0.29, 0.717) is 32.2 Å². The molecule has 1 atom stereocenters. The molecule has 0 unspecified atom stereocenters. The van der Waals surface area contributed by atoms with Crippen LogP contribution in [-0.2, 0) is 19.6 Å². The Morgan fingerprint density at radius 1 is 1.43 bits per heavy atom. The molecule has 3 rings (SSSR count). The van der Waals surface area contributed by atoms with Crippen LogP contribution in [0, 0.1) is 5.92 Å². The van der Waals surface area contributed by atoms with Crippen molar-refractivity contribution in [2.24, 2.45) is 5.92 Å². The maximum Gasteiger partial charge on any atom is 0.249 e. The van der Waals surface area contributed by atoms with Gasteiger partial charge in [-0.3, -0.25) is 4.79 Å². The number of sulfonamides is 1. The van der Waals surface area contributed by atoms with Crippen molar-refractivity contribution in [2.45, 2.75) is 44.1 Å². The van der Waals surface area contributed by atoms with Gasteiger partial charge < -0.3 is 9.64 Å². The Hall–Kier alpha value is -0.920. The minimum Gasteiger partial charge on any atom is -0.371 e. The van der Waals surface area contributed by atoms with Crippen LogP contribution in [0.2, 0.25) is 0 Å². The molecule has 1 aliphatic carbocycles. The highest BCUT2D eigenvalue weighted by Crippen LogP contribution is 2.42. The molecule has 7 heteroatoms. The van der Waals surface area contributed by atoms with Crippen LogP contribution in [0.4, 0.5) is 0 Å². The van der Waals surface area contributed by atoms with Gasteiger partial charge in [-0.25, -0.2) is 13.1 Å². The van der Waals surface area contributed by atoms with Crippen molar-refractivity contribution in [1.29, 1.82) is 0 Å². The Labute approximate surface area is 138 Å². The molecule has 2 saturated heterocycles. The summed E-state index contributed by atoms with van der Waals surface area (Å²) in [7, 11) is -3.14. The first-order chi connectivity index (χ1) is 10.9. The summed E-state index contributed by atoms with van der Waals surface area (Å²) in [6.07, 6.45) is 9.15. The molecule has 1 amide bonds. The van der Waals surface area contributed by atoms with Crippen LogP contribution in [0.5, 0.6) is 0 Å². The van der Waals surface area contributed by atoms with E-state index in [0.717, 1.165) is 37.7 Å². The number of rotatable bonds is 5. The summed E-state index contributed by atoms with van der Waals surface area (Å²) in [6.45, 7) is 2.43. The second kappa shape index (κ2) is 6.53. The van der Waals surface area contributed by atoms with Gasteiger partial charge in [0.1, 0.15) is 5.60 Å². The van der Waals surface area contributed by atoms with E-state index in [-0.39, 0.29) is 11.5 Å². The Morgan fingerprint density at radius 2 is 2.22 bits per heavy atom. The zero-order valence-corrected chi connectivity index (χ0v) is 14.5. The highest BCUT2D eigenvalue weighted by molar-refractivity contribution is 7.88. The van der Waals surface area contributed by atoms with E-state index in [1.54, 1.807) is 0 Å². The van der Waals surface area contributed by atoms with E-state index in [1.165, 1.54) is 12.7 Å². The normalized spacial score (nSPS) is 26.9. The molecule has 0 aromatic carbocycles. The van der Waals surface area contributed by atoms with Crippen LogP contribution in [0.1, 0.15) is 38.5 Å². The van der Waals surface area contributed by atoms with Crippen molar-refractivity contribution < 1.29 is 17.9 Å². The summed E-state index contributed by atoms with van der Waals surface area (Å²) >= 11 is 0. The number of likely N-dealkylation sites (tertiary alicyclic amines) is 1. The van der Waals surface area contributed by atoms with Crippen molar-refractivity contribution in [3.8, 4) is 0 Å². The standard InChI is InChI=1S/C16H26N2O4S/c1-23(20,21)17-9-7-14-8-10-22-16(14)11-18(12-16)15(19)13-5-3-2-4-6-13/h5,14,17H,2-4,6-12H2,1H3/t14-/m0/s1. The zero-order chi connectivity index (χ0) is 16.5. The van der Waals surface area contributed by atoms with E-state index in [4.69, 9.17) is 4.74 Å². The molecule has 3 aliphatic rings. The van der Waals surface area contributed by atoms with E-state index >= 15 is 0 Å². The molecule has 1 spiro atoms. The SMILES string of the molecule is CS(=O)(=O)NCC[C@H]1CCOC12CN(C(=O)C1=CCCCC1)C2. The monoisotopic (exact) mass is 342 g/mol. The molecule has 2 fully saturated rings. The summed E-state index contributed by atoms with van der Waals surface area (Å²) in [6, 6.07) is 0. The molecule has 1 N–H and O–H groups in total. The first-order valence-electron chi connectivity index (χ1n) is 8.47. The molecule has 130 valence electrons. The van der Waals surface area contributed by atoms with Gasteiger partial charge in [0.25, 0.3) is 0 Å². The second-order valence-corrected chi connectivity index (χ2v) is 8.82. The van der Waals surface area contributed by atoms with Gasteiger partial charge in [-0.2, -0.15) is 0 Å². The minimum atomic E-state index is -3.14. The van der Waals surface area contributed by atoms with Gasteiger partial charge in [0, 0.05) is 18.7 Å². The highest BCUT2D eigenvalue weighted by atomic mass is 32.2. The molecular formula is C16H26N2O4S. The fourth-order valence-electron chi connectivity index (χ4n) is 3.94. The van der Waals surface area contributed by atoms with Crippen LogP contribution in [0.25, 0.3) is 0 Å². The van der Waals surface area contributed by atoms with Crippen LogP contribution >= 0.6 is 0 Å². The molecule has 2 heterocycles. The topological polar surface area (TPSA) is 75.7 Å². The van der Waals surface area contributed by atoms with Crippen molar-refractivity contribution in [3.63, 3.8) is 0 Å². The third kappa shape index (κ3) is 3.78. The lowest BCUT2D eigenvalue weighted by atomic mass is 9.78. The summed E-state index contributed by atoms with van der Waals surface area (Å²) in [4.78, 5) is 14.4. The fraction of sp³-hybridized carbons (Fsp3) is 0.812. The molecule has 2 aliphatic heterocycles. The number of nitrogens with zero attached hydrogens (tertiary/aromatic N) is 1. The van der Waals surface area contributed by atoms with Gasteiger partial charge in [-0.1, -0.05) is 6.08 Å². The minimum absolute atomic E-state index is 0.166. The molecule has 6 nitrogen and oxygen atoms in total. The maximum atomic E-state index is 12.5. The number of carbonyl (C=O) groups is 1. The first-order valence-corrected chi connectivity index (χ1v) is 10.4. The molecule has 0 aromatic rings. The van der Waals surface area contributed by atoms with Crippen molar-refractivity contribution >= 4 is 15.9 Å². The van der Waals surface area contributed by atoms with Gasteiger partial charge in [0.05, 0.1) is 19.3 Å². The third-order valence-electron chi connectivity index (χ3n) is 5.23. The lowest BCUT2D eigenvalue weighted by Gasteiger charge is -2.50. The molecule has 0 radical (unpaired) electrons. The highest BCUT2D eigenvalue weighted by Gasteiger charge is 2.54. The van der Waals surface area contributed by atoms with Crippen LogP contribution < -0.4 is 4.72 Å². The van der Waals surface area contributed by atoms with Crippen molar-refractivity contribution in [1.82, 2.24) is 9.62 Å². The number of nitrogens with one attached hydrogen (secondary N) is 1. The Kier molecular flexibility index (Phi) is 4.80. The lowest BCUT2D eigenvalue weighted by molar-refractivity contribution is -0.161. The number of allylic oxidation sites excluding steroid dienone is 1. The predicted molar refractivity (Wildman–Crippen MR) is 87.4 cm³/mol. The van der Waals surface area contributed by atoms with E-state index in [2.05, 4.69) is 10.8 Å². The van der Waals surface area contributed by atoms with Gasteiger partial charge in [-0.15, -0.1) is 0 Å². The van der Waals surface area contributed by atoms with E-state index < -0.39 is 10.0 Å². The Bertz CT molecular complexity index is 593. The van der Waals surface area contributed by atoms with Crippen LogP contribution in [0.15, 0.2) is 11.6 Å². The maximum absolute atomic E-state index is 12.5. The summed E-state index contributed by atoms with van der Waals surface area (Å²) < 4.78 is 30.8. The van der Waals surface area contributed by atoms with Gasteiger partial charge in [0.2, 0.25) is 15.9 Å². The largest absolute Gasteiger partial charge is 0.371 e. The quantitative estimate of drug-likeness (QED) is 0.810. The predicted octanol–water partition coefficient (Wildman–Crippen LogP) is 1.04. The fourth-order valence-corrected chi connectivity index (χ4v) is 4.43. The van der Waals surface area contributed by atoms with Crippen molar-refractivity contribution in [2.75, 3.05) is 32.5 Å². The zero-order valence-electron chi connectivity index (χ0n) is 13.7. The molecule has 0 aromatic heterocycles. The van der Waals surface area contributed by atoms with E-state index in [9.17, 15) is 13.2 Å². The second-order valence-electron chi connectivity index (χ2n) is 6.99. The number of hydrogen-bond acceptors (Lipinski definition) is 4. The average molecular weight is 342 g/mol. The average Bonchev–Trinajstić information content (AvgIpc) is 2.88. The summed E-state index contributed by atoms with van der Waals surface area (Å²) in [5.41, 5.74) is 0.712. The van der Waals surface area contributed by atoms with Gasteiger partial charge in [-0.05, 0) is 44.4 Å². The molecular weight excluding hydrogens is 316 g/mol. The van der Waals surface area contributed by atoms with Gasteiger partial charge >= 0.3 is 0 Å². The molecule has 0 bridgehead atoms. The number of ether oxygens (including phenoxy) is 1. The molecule has 0 saturated carbocycles. The van der Waals surface area contributed by atoms with Crippen molar-refractivity contribution in [3.05, 3.63) is 11.6 Å². The van der Waals surface area contributed by atoms with E-state index in [1.807, 2.05) is 4.90 Å². The molecule has 23 heavy (non-hydrogen) atoms. The smallest absolute Gasteiger partial charge is 0.249 e.